The Labute approximate surface area is 170 Å². The highest BCUT2D eigenvalue weighted by Gasteiger charge is 2.42. The van der Waals surface area contributed by atoms with Gasteiger partial charge in [-0.05, 0) is 36.4 Å². The van der Waals surface area contributed by atoms with E-state index in [1.165, 1.54) is 31.2 Å². The summed E-state index contributed by atoms with van der Waals surface area (Å²) in [5.74, 6) is -3.94. The van der Waals surface area contributed by atoms with E-state index in [4.69, 9.17) is 16.7 Å². The Morgan fingerprint density at radius 3 is 2.45 bits per heavy atom. The molecule has 1 atom stereocenters. The first kappa shape index (κ1) is 20.6. The normalized spacial score (nSPS) is 17.9. The molecule has 2 amide bonds. The summed E-state index contributed by atoms with van der Waals surface area (Å²) in [5, 5.41) is 21.1. The van der Waals surface area contributed by atoms with E-state index in [9.17, 15) is 27.9 Å². The number of rotatable bonds is 4. The molecule has 1 aliphatic heterocycles. The lowest BCUT2D eigenvalue weighted by atomic mass is 10.1. The van der Waals surface area contributed by atoms with Gasteiger partial charge in [0.2, 0.25) is 15.9 Å². The van der Waals surface area contributed by atoms with Crippen molar-refractivity contribution in [3.05, 3.63) is 52.5 Å². The largest absolute Gasteiger partial charge is 0.506 e. The molecule has 2 aromatic rings. The first-order chi connectivity index (χ1) is 13.5. The van der Waals surface area contributed by atoms with Crippen LogP contribution in [-0.2, 0) is 14.8 Å². The summed E-state index contributed by atoms with van der Waals surface area (Å²) in [5.41, 5.74) is -0.336. The van der Waals surface area contributed by atoms with Crippen LogP contribution in [0.3, 0.4) is 0 Å². The molecule has 1 heterocycles. The van der Waals surface area contributed by atoms with E-state index in [1.807, 2.05) is 0 Å². The molecule has 0 bridgehead atoms. The monoisotopic (exact) mass is 438 g/mol. The molecule has 0 unspecified atom stereocenters. The fourth-order valence-electron chi connectivity index (χ4n) is 2.86. The van der Waals surface area contributed by atoms with E-state index in [0.29, 0.717) is 4.31 Å². The maximum atomic E-state index is 12.5. The minimum absolute atomic E-state index is 0.0108. The van der Waals surface area contributed by atoms with Gasteiger partial charge in [0, 0.05) is 0 Å². The summed E-state index contributed by atoms with van der Waals surface area (Å²) in [6, 6.07) is 7.04. The number of carboxylic acids is 1. The number of carbonyl (C=O) groups excluding carboxylic acids is 2. The SMILES string of the molecule is C[C@H]1CS(=O)(=O)N(c2ccc(C(=O)Nc3cc(C(=O)O)ccc3O)c(Cl)c2)C1=O. The van der Waals surface area contributed by atoms with Gasteiger partial charge in [0.1, 0.15) is 5.75 Å². The fraction of sp³-hybridized carbons (Fsp3) is 0.167. The van der Waals surface area contributed by atoms with Crippen molar-refractivity contribution in [3.8, 4) is 5.75 Å². The number of phenolic OH excluding ortho intramolecular Hbond substituents is 1. The predicted octanol–water partition coefficient (Wildman–Crippen LogP) is 2.31. The van der Waals surface area contributed by atoms with E-state index in [1.54, 1.807) is 0 Å². The molecule has 1 aliphatic rings. The summed E-state index contributed by atoms with van der Waals surface area (Å²) >= 11 is 6.12. The van der Waals surface area contributed by atoms with Gasteiger partial charge in [0.05, 0.1) is 39.2 Å². The van der Waals surface area contributed by atoms with Crippen LogP contribution in [0.25, 0.3) is 0 Å². The molecule has 1 saturated heterocycles. The Bertz CT molecular complexity index is 1150. The number of aromatic carboxylic acids is 1. The van der Waals surface area contributed by atoms with Crippen LogP contribution < -0.4 is 9.62 Å². The van der Waals surface area contributed by atoms with Crippen molar-refractivity contribution in [1.29, 1.82) is 0 Å². The number of nitrogens with one attached hydrogen (secondary N) is 1. The number of nitrogens with zero attached hydrogens (tertiary/aromatic N) is 1. The van der Waals surface area contributed by atoms with Gasteiger partial charge < -0.3 is 15.5 Å². The summed E-state index contributed by atoms with van der Waals surface area (Å²) < 4.78 is 25.0. The molecule has 9 nitrogen and oxygen atoms in total. The second-order valence-electron chi connectivity index (χ2n) is 6.44. The zero-order chi connectivity index (χ0) is 21.5. The van der Waals surface area contributed by atoms with Crippen molar-refractivity contribution in [2.24, 2.45) is 5.92 Å². The molecule has 0 aliphatic carbocycles. The lowest BCUT2D eigenvalue weighted by molar-refractivity contribution is -0.119. The molecule has 152 valence electrons. The number of anilines is 2. The number of sulfonamides is 1. The average Bonchev–Trinajstić information content (AvgIpc) is 2.83. The van der Waals surface area contributed by atoms with Crippen LogP contribution in [-0.4, -0.2) is 42.2 Å². The highest BCUT2D eigenvalue weighted by atomic mass is 35.5. The first-order valence-corrected chi connectivity index (χ1v) is 10.2. The smallest absolute Gasteiger partial charge is 0.335 e. The van der Waals surface area contributed by atoms with Crippen LogP contribution in [0.2, 0.25) is 5.02 Å². The molecule has 3 N–H and O–H groups in total. The third kappa shape index (κ3) is 3.89. The molecule has 2 aromatic carbocycles. The summed E-state index contributed by atoms with van der Waals surface area (Å²) in [6.07, 6.45) is 0. The third-order valence-corrected chi connectivity index (χ3v) is 6.47. The Balaban J connectivity index is 1.90. The Kier molecular flexibility index (Phi) is 5.24. The van der Waals surface area contributed by atoms with Gasteiger partial charge >= 0.3 is 5.97 Å². The van der Waals surface area contributed by atoms with Gasteiger partial charge in [0.15, 0.2) is 0 Å². The molecule has 3 rings (SSSR count). The van der Waals surface area contributed by atoms with Crippen molar-refractivity contribution >= 4 is 50.8 Å². The Morgan fingerprint density at radius 1 is 1.21 bits per heavy atom. The fourth-order valence-corrected chi connectivity index (χ4v) is 4.93. The number of carbonyl (C=O) groups is 3. The van der Waals surface area contributed by atoms with Crippen molar-refractivity contribution in [2.45, 2.75) is 6.92 Å². The molecule has 0 spiro atoms. The zero-order valence-corrected chi connectivity index (χ0v) is 16.5. The number of halogens is 1. The first-order valence-electron chi connectivity index (χ1n) is 8.25. The number of hydrogen-bond donors (Lipinski definition) is 3. The standard InChI is InChI=1S/C18H15ClN2O7S/c1-9-8-29(27,28)21(17(9)24)11-3-4-12(13(19)7-11)16(23)20-14-6-10(18(25)26)2-5-15(14)22/h2-7,9,22H,8H2,1H3,(H,20,23)(H,25,26)/t9-/m0/s1. The second-order valence-corrected chi connectivity index (χ2v) is 8.71. The molecule has 29 heavy (non-hydrogen) atoms. The van der Waals surface area contributed by atoms with E-state index in [-0.39, 0.29) is 39.0 Å². The highest BCUT2D eigenvalue weighted by molar-refractivity contribution is 7.94. The van der Waals surface area contributed by atoms with Crippen molar-refractivity contribution in [2.75, 3.05) is 15.4 Å². The molecular formula is C18H15ClN2O7S. The Morgan fingerprint density at radius 2 is 1.90 bits per heavy atom. The third-order valence-electron chi connectivity index (χ3n) is 4.28. The maximum absolute atomic E-state index is 12.5. The van der Waals surface area contributed by atoms with E-state index in [0.717, 1.165) is 12.1 Å². The van der Waals surface area contributed by atoms with Crippen molar-refractivity contribution in [3.63, 3.8) is 0 Å². The number of benzene rings is 2. The summed E-state index contributed by atoms with van der Waals surface area (Å²) in [4.78, 5) is 35.7. The highest BCUT2D eigenvalue weighted by Crippen LogP contribution is 2.32. The van der Waals surface area contributed by atoms with Crippen LogP contribution in [0.15, 0.2) is 36.4 Å². The van der Waals surface area contributed by atoms with E-state index >= 15 is 0 Å². The van der Waals surface area contributed by atoms with Gasteiger partial charge in [-0.3, -0.25) is 9.59 Å². The number of phenols is 1. The van der Waals surface area contributed by atoms with Gasteiger partial charge in [0.25, 0.3) is 5.91 Å². The van der Waals surface area contributed by atoms with Gasteiger partial charge in [-0.25, -0.2) is 17.5 Å². The number of amides is 2. The van der Waals surface area contributed by atoms with Crippen LogP contribution in [0.4, 0.5) is 11.4 Å². The van der Waals surface area contributed by atoms with Crippen LogP contribution >= 0.6 is 11.6 Å². The Hall–Kier alpha value is -3.11. The lowest BCUT2D eigenvalue weighted by Gasteiger charge is -2.16. The second kappa shape index (κ2) is 7.37. The average molecular weight is 439 g/mol. The quantitative estimate of drug-likeness (QED) is 0.622. The maximum Gasteiger partial charge on any atom is 0.335 e. The zero-order valence-electron chi connectivity index (χ0n) is 14.9. The molecule has 0 radical (unpaired) electrons. The molecule has 0 saturated carbocycles. The van der Waals surface area contributed by atoms with Crippen LogP contribution in [0, 0.1) is 5.92 Å². The topological polar surface area (TPSA) is 141 Å². The number of carboxylic acid groups (broad SMARTS) is 1. The van der Waals surface area contributed by atoms with Crippen LogP contribution in [0.1, 0.15) is 27.6 Å². The van der Waals surface area contributed by atoms with Crippen LogP contribution in [0.5, 0.6) is 5.75 Å². The van der Waals surface area contributed by atoms with Gasteiger partial charge in [-0.1, -0.05) is 18.5 Å². The number of hydrogen-bond acceptors (Lipinski definition) is 6. The van der Waals surface area contributed by atoms with Crippen molar-refractivity contribution in [1.82, 2.24) is 0 Å². The molecule has 0 aromatic heterocycles. The molecular weight excluding hydrogens is 424 g/mol. The lowest BCUT2D eigenvalue weighted by Crippen LogP contribution is -2.30. The van der Waals surface area contributed by atoms with Gasteiger partial charge in [-0.15, -0.1) is 0 Å². The predicted molar refractivity (Wildman–Crippen MR) is 105 cm³/mol. The summed E-state index contributed by atoms with van der Waals surface area (Å²) in [6.45, 7) is 1.50. The molecule has 11 heteroatoms. The summed E-state index contributed by atoms with van der Waals surface area (Å²) in [7, 11) is -3.82. The number of aromatic hydroxyl groups is 1. The van der Waals surface area contributed by atoms with Gasteiger partial charge in [-0.2, -0.15) is 0 Å². The molecule has 1 fully saturated rings. The minimum Gasteiger partial charge on any atom is -0.506 e. The van der Waals surface area contributed by atoms with E-state index < -0.39 is 33.7 Å². The van der Waals surface area contributed by atoms with E-state index in [2.05, 4.69) is 5.32 Å². The minimum atomic E-state index is -3.82. The van der Waals surface area contributed by atoms with Crippen molar-refractivity contribution < 1.29 is 33.0 Å².